The minimum absolute atomic E-state index is 0.00902. The van der Waals surface area contributed by atoms with Crippen molar-refractivity contribution in [1.29, 1.82) is 0 Å². The molecule has 9 heteroatoms. The number of benzene rings is 1. The molecule has 29 heavy (non-hydrogen) atoms. The van der Waals surface area contributed by atoms with Crippen molar-refractivity contribution in [1.82, 2.24) is 15.5 Å². The van der Waals surface area contributed by atoms with Gasteiger partial charge in [-0.15, -0.1) is 0 Å². The predicted octanol–water partition coefficient (Wildman–Crippen LogP) is 1.52. The number of nitrogens with zero attached hydrogens (tertiary/aromatic N) is 1. The monoisotopic (exact) mass is 427 g/mol. The number of carboxylic acid groups (broad SMARTS) is 1. The first-order valence-electron chi connectivity index (χ1n) is 9.48. The maximum atomic E-state index is 13.6. The number of likely N-dealkylation sites (tertiary alicyclic amines) is 1. The van der Waals surface area contributed by atoms with E-state index in [2.05, 4.69) is 15.5 Å². The highest BCUT2D eigenvalue weighted by molar-refractivity contribution is 7.99. The van der Waals surface area contributed by atoms with Crippen molar-refractivity contribution in [3.8, 4) is 0 Å². The zero-order chi connectivity index (χ0) is 21.6. The Bertz CT molecular complexity index is 662. The van der Waals surface area contributed by atoms with E-state index in [1.807, 2.05) is 13.3 Å². The molecule has 0 unspecified atom stereocenters. The lowest BCUT2D eigenvalue weighted by atomic mass is 10.1. The second-order valence-electron chi connectivity index (χ2n) is 6.79. The van der Waals surface area contributed by atoms with Crippen LogP contribution < -0.4 is 10.6 Å². The second-order valence-corrected chi connectivity index (χ2v) is 7.65. The van der Waals surface area contributed by atoms with Crippen LogP contribution in [0.15, 0.2) is 24.3 Å². The summed E-state index contributed by atoms with van der Waals surface area (Å²) in [6.45, 7) is 0.811. The molecule has 1 aromatic rings. The fraction of sp³-hybridized carbons (Fsp3) is 0.550. The molecule has 1 heterocycles. The Morgan fingerprint density at radius 1 is 1.24 bits per heavy atom. The van der Waals surface area contributed by atoms with Gasteiger partial charge in [0, 0.05) is 31.6 Å². The van der Waals surface area contributed by atoms with E-state index in [9.17, 15) is 14.0 Å². The Labute approximate surface area is 175 Å². The first kappa shape index (κ1) is 24.9. The fourth-order valence-corrected chi connectivity index (χ4v) is 3.68. The first-order chi connectivity index (χ1) is 13.9. The van der Waals surface area contributed by atoms with Crippen LogP contribution in [0.5, 0.6) is 0 Å². The minimum Gasteiger partial charge on any atom is -0.483 e. The number of hydrogen-bond donors (Lipinski definition) is 3. The quantitative estimate of drug-likeness (QED) is 0.517. The van der Waals surface area contributed by atoms with Crippen molar-refractivity contribution in [3.05, 3.63) is 35.6 Å². The van der Waals surface area contributed by atoms with Crippen molar-refractivity contribution in [2.75, 3.05) is 32.1 Å². The number of halogens is 1. The lowest BCUT2D eigenvalue weighted by Gasteiger charge is -2.25. The van der Waals surface area contributed by atoms with Crippen LogP contribution in [0, 0.1) is 5.82 Å². The number of amides is 2. The fourth-order valence-electron chi connectivity index (χ4n) is 3.32. The molecule has 0 saturated carbocycles. The summed E-state index contributed by atoms with van der Waals surface area (Å²) < 4.78 is 13.6. The van der Waals surface area contributed by atoms with E-state index in [0.29, 0.717) is 37.2 Å². The molecule has 162 valence electrons. The lowest BCUT2D eigenvalue weighted by molar-refractivity contribution is -0.123. The number of likely N-dealkylation sites (N-methyl/N-ethyl adjacent to an activating group) is 1. The van der Waals surface area contributed by atoms with Crippen molar-refractivity contribution in [3.63, 3.8) is 0 Å². The van der Waals surface area contributed by atoms with Crippen molar-refractivity contribution in [2.45, 2.75) is 37.8 Å². The maximum absolute atomic E-state index is 13.6. The van der Waals surface area contributed by atoms with Gasteiger partial charge in [0.05, 0.1) is 5.75 Å². The molecular formula is C20H30FN3O4S. The van der Waals surface area contributed by atoms with Gasteiger partial charge in [0.15, 0.2) is 0 Å². The summed E-state index contributed by atoms with van der Waals surface area (Å²) in [6.07, 6.45) is 4.75. The predicted molar refractivity (Wildman–Crippen MR) is 112 cm³/mol. The van der Waals surface area contributed by atoms with Crippen LogP contribution >= 0.6 is 11.8 Å². The third kappa shape index (κ3) is 9.27. The van der Waals surface area contributed by atoms with Gasteiger partial charge < -0.3 is 15.7 Å². The Kier molecular flexibility index (Phi) is 12.0. The standard InChI is InChI=1S/C19H28FN3O2S.CH2O2/c1-23-15(7-8-16(23)12-22-19(25)13-26-2)11-18(24)21-10-9-14-5-3-4-6-17(14)20;2-1-3/h3-6,15-16H,7-13H2,1-2H3,(H,21,24)(H,22,25);1H,(H,2,3)/t15-,16+;/m1./s1. The summed E-state index contributed by atoms with van der Waals surface area (Å²) in [5.41, 5.74) is 0.617. The molecule has 0 bridgehead atoms. The van der Waals surface area contributed by atoms with E-state index in [1.54, 1.807) is 18.2 Å². The molecule has 3 N–H and O–H groups in total. The van der Waals surface area contributed by atoms with Crippen LogP contribution in [-0.2, 0) is 20.8 Å². The third-order valence-electron chi connectivity index (χ3n) is 4.89. The summed E-state index contributed by atoms with van der Waals surface area (Å²) in [4.78, 5) is 34.3. The van der Waals surface area contributed by atoms with Crippen molar-refractivity contribution >= 4 is 30.0 Å². The number of rotatable bonds is 9. The minimum atomic E-state index is -0.250. The van der Waals surface area contributed by atoms with Crippen molar-refractivity contribution < 1.29 is 23.9 Å². The molecule has 0 spiro atoms. The van der Waals surface area contributed by atoms with E-state index in [1.165, 1.54) is 17.8 Å². The van der Waals surface area contributed by atoms with Gasteiger partial charge in [0.25, 0.3) is 6.47 Å². The molecular weight excluding hydrogens is 397 g/mol. The summed E-state index contributed by atoms with van der Waals surface area (Å²) >= 11 is 1.51. The molecule has 1 aliphatic heterocycles. The third-order valence-corrected chi connectivity index (χ3v) is 5.44. The molecule has 1 saturated heterocycles. The molecule has 2 atom stereocenters. The summed E-state index contributed by atoms with van der Waals surface area (Å²) in [5.74, 6) is 0.290. The highest BCUT2D eigenvalue weighted by Gasteiger charge is 2.31. The number of carbonyl (C=O) groups excluding carboxylic acids is 2. The van der Waals surface area contributed by atoms with Crippen molar-refractivity contribution in [2.24, 2.45) is 0 Å². The zero-order valence-electron chi connectivity index (χ0n) is 16.9. The smallest absolute Gasteiger partial charge is 0.290 e. The first-order valence-corrected chi connectivity index (χ1v) is 10.9. The normalized spacial score (nSPS) is 18.4. The topological polar surface area (TPSA) is 98.7 Å². The molecule has 2 amide bonds. The van der Waals surface area contributed by atoms with E-state index in [0.717, 1.165) is 12.8 Å². The average molecular weight is 428 g/mol. The largest absolute Gasteiger partial charge is 0.483 e. The molecule has 2 rings (SSSR count). The number of thioether (sulfide) groups is 1. The molecule has 0 radical (unpaired) electrons. The van der Waals surface area contributed by atoms with Gasteiger partial charge in [-0.3, -0.25) is 19.3 Å². The lowest BCUT2D eigenvalue weighted by Crippen LogP contribution is -2.42. The number of nitrogens with one attached hydrogen (secondary N) is 2. The van der Waals surface area contributed by atoms with Gasteiger partial charge in [-0.1, -0.05) is 18.2 Å². The van der Waals surface area contributed by atoms with Crippen LogP contribution in [-0.4, -0.2) is 72.5 Å². The van der Waals surface area contributed by atoms with E-state index in [4.69, 9.17) is 9.90 Å². The van der Waals surface area contributed by atoms with Crippen LogP contribution in [0.4, 0.5) is 4.39 Å². The van der Waals surface area contributed by atoms with Gasteiger partial charge in [-0.25, -0.2) is 4.39 Å². The number of carbonyl (C=O) groups is 3. The van der Waals surface area contributed by atoms with Gasteiger partial charge >= 0.3 is 0 Å². The van der Waals surface area contributed by atoms with Crippen LogP contribution in [0.1, 0.15) is 24.8 Å². The van der Waals surface area contributed by atoms with E-state index >= 15 is 0 Å². The maximum Gasteiger partial charge on any atom is 0.290 e. The molecule has 1 aliphatic rings. The van der Waals surface area contributed by atoms with Gasteiger partial charge in [-0.2, -0.15) is 11.8 Å². The SMILES string of the molecule is CSCC(=O)NC[C@@H]1CC[C@H](CC(=O)NCCc2ccccc2F)N1C.O=CO. The van der Waals surface area contributed by atoms with Crippen LogP contribution in [0.2, 0.25) is 0 Å². The van der Waals surface area contributed by atoms with Gasteiger partial charge in [0.1, 0.15) is 5.82 Å². The summed E-state index contributed by atoms with van der Waals surface area (Å²) in [6, 6.07) is 7.09. The molecule has 7 nitrogen and oxygen atoms in total. The van der Waals surface area contributed by atoms with E-state index in [-0.39, 0.29) is 36.2 Å². The highest BCUT2D eigenvalue weighted by atomic mass is 32.2. The highest BCUT2D eigenvalue weighted by Crippen LogP contribution is 2.24. The number of hydrogen-bond acceptors (Lipinski definition) is 5. The average Bonchev–Trinajstić information content (AvgIpc) is 3.02. The summed E-state index contributed by atoms with van der Waals surface area (Å²) in [7, 11) is 2.01. The molecule has 0 aromatic heterocycles. The Balaban J connectivity index is 0.00000132. The van der Waals surface area contributed by atoms with Crippen LogP contribution in [0.3, 0.4) is 0 Å². The van der Waals surface area contributed by atoms with Gasteiger partial charge in [-0.05, 0) is 44.2 Å². The Morgan fingerprint density at radius 2 is 1.90 bits per heavy atom. The summed E-state index contributed by atoms with van der Waals surface area (Å²) in [5, 5.41) is 12.7. The Morgan fingerprint density at radius 3 is 2.55 bits per heavy atom. The van der Waals surface area contributed by atoms with E-state index < -0.39 is 0 Å². The molecule has 1 aromatic carbocycles. The second kappa shape index (κ2) is 13.9. The zero-order valence-corrected chi connectivity index (χ0v) is 17.7. The molecule has 0 aliphatic carbocycles. The Hall–Kier alpha value is -2.13. The molecule has 1 fully saturated rings. The van der Waals surface area contributed by atoms with Gasteiger partial charge in [0.2, 0.25) is 11.8 Å². The van der Waals surface area contributed by atoms with Crippen LogP contribution in [0.25, 0.3) is 0 Å².